The second kappa shape index (κ2) is 6.51. The number of fused-ring (bicyclic) bond motifs is 1. The lowest BCUT2D eigenvalue weighted by atomic mass is 9.54. The molecule has 5 nitrogen and oxygen atoms in total. The fourth-order valence-corrected chi connectivity index (χ4v) is 4.26. The van der Waals surface area contributed by atoms with Gasteiger partial charge in [-0.3, -0.25) is 0 Å². The summed E-state index contributed by atoms with van der Waals surface area (Å²) in [5, 5.41) is 41.6. The van der Waals surface area contributed by atoms with Gasteiger partial charge in [-0.1, -0.05) is 41.4 Å². The number of hydrogen-bond donors (Lipinski definition) is 2. The van der Waals surface area contributed by atoms with Crippen LogP contribution >= 0.6 is 23.2 Å². The van der Waals surface area contributed by atoms with Crippen molar-refractivity contribution in [3.8, 4) is 18.2 Å². The molecule has 0 amide bonds. The van der Waals surface area contributed by atoms with Crippen molar-refractivity contribution in [3.05, 3.63) is 45.5 Å². The molecule has 3 rings (SSSR count). The van der Waals surface area contributed by atoms with Gasteiger partial charge >= 0.3 is 0 Å². The van der Waals surface area contributed by atoms with Gasteiger partial charge in [0, 0.05) is 24.9 Å². The third-order valence-corrected chi connectivity index (χ3v) is 5.82. The van der Waals surface area contributed by atoms with Gasteiger partial charge in [0.2, 0.25) is 0 Å². The molecule has 1 heterocycles. The average molecular weight is 370 g/mol. The van der Waals surface area contributed by atoms with E-state index in [1.165, 1.54) is 0 Å². The maximum absolute atomic E-state index is 9.87. The van der Waals surface area contributed by atoms with Gasteiger partial charge in [0.15, 0.2) is 5.41 Å². The molecule has 1 fully saturated rings. The van der Waals surface area contributed by atoms with E-state index in [1.807, 2.05) is 18.2 Å². The predicted octanol–water partition coefficient (Wildman–Crippen LogP) is 3.43. The van der Waals surface area contributed by atoms with E-state index < -0.39 is 17.3 Å². The molecule has 1 aromatic carbocycles. The van der Waals surface area contributed by atoms with Crippen molar-refractivity contribution in [2.45, 2.75) is 5.92 Å². The Balaban J connectivity index is 2.32. The minimum Gasteiger partial charge on any atom is -0.313 e. The highest BCUT2D eigenvalue weighted by molar-refractivity contribution is 6.42. The van der Waals surface area contributed by atoms with Gasteiger partial charge in [0.1, 0.15) is 5.92 Å². The zero-order valence-corrected chi connectivity index (χ0v) is 14.6. The van der Waals surface area contributed by atoms with Crippen LogP contribution in [0.4, 0.5) is 0 Å². The van der Waals surface area contributed by atoms with Crippen LogP contribution < -0.4 is 5.32 Å². The van der Waals surface area contributed by atoms with Crippen LogP contribution in [0.3, 0.4) is 0 Å². The fraction of sp³-hybridized carbons (Fsp3) is 0.333. The van der Waals surface area contributed by atoms with E-state index in [9.17, 15) is 15.8 Å². The smallest absolute Gasteiger partial charge is 0.189 e. The Morgan fingerprint density at radius 3 is 2.56 bits per heavy atom. The van der Waals surface area contributed by atoms with E-state index in [4.69, 9.17) is 28.6 Å². The quantitative estimate of drug-likeness (QED) is 0.739. The van der Waals surface area contributed by atoms with Gasteiger partial charge in [0.05, 0.1) is 34.0 Å². The third-order valence-electron chi connectivity index (χ3n) is 4.99. The van der Waals surface area contributed by atoms with Crippen molar-refractivity contribution in [1.29, 1.82) is 21.2 Å². The van der Waals surface area contributed by atoms with Gasteiger partial charge < -0.3 is 10.7 Å². The maximum Gasteiger partial charge on any atom is 0.189 e. The van der Waals surface area contributed by atoms with E-state index in [1.54, 1.807) is 18.2 Å². The van der Waals surface area contributed by atoms with Gasteiger partial charge in [-0.05, 0) is 17.2 Å². The van der Waals surface area contributed by atoms with Crippen LogP contribution in [-0.2, 0) is 0 Å². The summed E-state index contributed by atoms with van der Waals surface area (Å²) in [7, 11) is 0. The molecule has 1 aliphatic carbocycles. The first-order chi connectivity index (χ1) is 12.0. The van der Waals surface area contributed by atoms with Crippen LogP contribution in [0.15, 0.2) is 29.8 Å². The number of benzene rings is 1. The van der Waals surface area contributed by atoms with E-state index in [2.05, 4.69) is 11.4 Å². The Bertz CT molecular complexity index is 886. The number of nitriles is 3. The number of nitrogens with one attached hydrogen (secondary N) is 2. The molecule has 1 unspecified atom stereocenters. The Labute approximate surface area is 155 Å². The Morgan fingerprint density at radius 2 is 1.92 bits per heavy atom. The van der Waals surface area contributed by atoms with Crippen LogP contribution in [0.25, 0.3) is 0 Å². The van der Waals surface area contributed by atoms with Crippen molar-refractivity contribution in [2.24, 2.45) is 17.3 Å². The Hall–Kier alpha value is -2.36. The molecule has 0 saturated heterocycles. The number of rotatable bonds is 1. The molecule has 124 valence electrons. The summed E-state index contributed by atoms with van der Waals surface area (Å²) >= 11 is 12.5. The maximum atomic E-state index is 9.87. The van der Waals surface area contributed by atoms with Gasteiger partial charge in [-0.2, -0.15) is 15.8 Å². The van der Waals surface area contributed by atoms with E-state index in [0.29, 0.717) is 23.7 Å². The molecular weight excluding hydrogens is 357 g/mol. The van der Waals surface area contributed by atoms with Crippen molar-refractivity contribution in [1.82, 2.24) is 5.32 Å². The number of halogens is 2. The molecule has 0 bridgehead atoms. The lowest BCUT2D eigenvalue weighted by Crippen LogP contribution is -2.52. The zero-order valence-electron chi connectivity index (χ0n) is 13.1. The molecule has 7 heteroatoms. The zero-order chi connectivity index (χ0) is 18.2. The molecule has 0 aromatic heterocycles. The summed E-state index contributed by atoms with van der Waals surface area (Å²) in [6.07, 6.45) is 1.88. The summed E-state index contributed by atoms with van der Waals surface area (Å²) in [6.45, 7) is 1.08. The highest BCUT2D eigenvalue weighted by Crippen LogP contribution is 2.54. The normalized spacial score (nSPS) is 27.2. The van der Waals surface area contributed by atoms with Gasteiger partial charge in [-0.25, -0.2) is 0 Å². The third kappa shape index (κ3) is 2.43. The topological polar surface area (TPSA) is 107 Å². The van der Waals surface area contributed by atoms with Crippen molar-refractivity contribution in [2.75, 3.05) is 13.1 Å². The molecule has 0 spiro atoms. The molecule has 0 radical (unpaired) electrons. The minimum absolute atomic E-state index is 0.189. The fourth-order valence-electron chi connectivity index (χ4n) is 3.84. The van der Waals surface area contributed by atoms with Crippen LogP contribution in [0.2, 0.25) is 10.0 Å². The first-order valence-corrected chi connectivity index (χ1v) is 8.43. The Kier molecular flexibility index (Phi) is 4.55. The monoisotopic (exact) mass is 369 g/mol. The van der Waals surface area contributed by atoms with E-state index in [-0.39, 0.29) is 16.7 Å². The molecule has 25 heavy (non-hydrogen) atoms. The largest absolute Gasteiger partial charge is 0.313 e. The summed E-state index contributed by atoms with van der Waals surface area (Å²) in [5.74, 6) is -1.84. The highest BCUT2D eigenvalue weighted by Gasteiger charge is 2.57. The van der Waals surface area contributed by atoms with Crippen molar-refractivity contribution < 1.29 is 0 Å². The van der Waals surface area contributed by atoms with Crippen LogP contribution in [0, 0.1) is 56.7 Å². The number of hydrogen-bond acceptors (Lipinski definition) is 5. The summed E-state index contributed by atoms with van der Waals surface area (Å²) in [5.41, 5.74) is -0.632. The van der Waals surface area contributed by atoms with E-state index >= 15 is 0 Å². The summed E-state index contributed by atoms with van der Waals surface area (Å²) in [6, 6.07) is 11.2. The van der Waals surface area contributed by atoms with Gasteiger partial charge in [-0.15, -0.1) is 0 Å². The first-order valence-electron chi connectivity index (χ1n) is 7.67. The molecular formula is C18H13Cl2N5. The predicted molar refractivity (Wildman–Crippen MR) is 94.1 cm³/mol. The standard InChI is InChI=1S/C18H13Cl2N5/c19-14-3-1-2-11(16(14)20)15-13-7-25-5-4-10(13)12(6-21)17(24)18(15,8-22)9-23/h1-4,12-13,15,24-25H,5,7H2/t12?,13-,15+/m0/s1. The molecule has 1 aromatic rings. The van der Waals surface area contributed by atoms with Gasteiger partial charge in [0.25, 0.3) is 0 Å². The van der Waals surface area contributed by atoms with Crippen molar-refractivity contribution in [3.63, 3.8) is 0 Å². The minimum atomic E-state index is -1.77. The second-order valence-corrected chi connectivity index (χ2v) is 6.88. The lowest BCUT2D eigenvalue weighted by molar-refractivity contribution is 0.332. The molecule has 2 N–H and O–H groups in total. The van der Waals surface area contributed by atoms with Crippen LogP contribution in [-0.4, -0.2) is 18.8 Å². The molecule has 3 atom stereocenters. The van der Waals surface area contributed by atoms with Crippen LogP contribution in [0.5, 0.6) is 0 Å². The first kappa shape index (κ1) is 17.5. The second-order valence-electron chi connectivity index (χ2n) is 6.10. The number of nitrogens with zero attached hydrogens (tertiary/aromatic N) is 3. The SMILES string of the molecule is N#CC1C(=N)C(C#N)(C#N)[C@H](c2cccc(Cl)c2Cl)[C@H]2CNCC=C12. The summed E-state index contributed by atoms with van der Waals surface area (Å²) < 4.78 is 0. The van der Waals surface area contributed by atoms with Crippen molar-refractivity contribution >= 4 is 28.9 Å². The van der Waals surface area contributed by atoms with Crippen LogP contribution in [0.1, 0.15) is 11.5 Å². The lowest BCUT2D eigenvalue weighted by Gasteiger charge is -2.46. The highest BCUT2D eigenvalue weighted by atomic mass is 35.5. The molecule has 1 aliphatic heterocycles. The van der Waals surface area contributed by atoms with E-state index in [0.717, 1.165) is 5.57 Å². The molecule has 2 aliphatic rings. The average Bonchev–Trinajstić information content (AvgIpc) is 2.64. The molecule has 1 saturated carbocycles. The Morgan fingerprint density at radius 1 is 1.20 bits per heavy atom. The summed E-state index contributed by atoms with van der Waals surface area (Å²) in [4.78, 5) is 0.